The van der Waals surface area contributed by atoms with Crippen molar-refractivity contribution < 1.29 is 14.9 Å². The molecule has 0 aromatic heterocycles. The second-order valence-corrected chi connectivity index (χ2v) is 5.77. The first-order valence-electron chi connectivity index (χ1n) is 7.46. The topological polar surface area (TPSA) is 49.7 Å². The lowest BCUT2D eigenvalue weighted by Gasteiger charge is -2.21. The number of ether oxygens (including phenoxy) is 1. The summed E-state index contributed by atoms with van der Waals surface area (Å²) in [6.07, 6.45) is 0.191. The molecule has 0 bridgehead atoms. The van der Waals surface area contributed by atoms with Gasteiger partial charge in [0.25, 0.3) is 0 Å². The Morgan fingerprint density at radius 2 is 1.75 bits per heavy atom. The Morgan fingerprint density at radius 3 is 2.30 bits per heavy atom. The van der Waals surface area contributed by atoms with Gasteiger partial charge in [0.1, 0.15) is 5.75 Å². The van der Waals surface area contributed by atoms with Gasteiger partial charge in [0, 0.05) is 0 Å². The largest absolute Gasteiger partial charge is 0.493 e. The van der Waals surface area contributed by atoms with Crippen molar-refractivity contribution in [3.05, 3.63) is 28.8 Å². The standard InChI is InChI=1S/C17H28O3/c1-6-7-20-17-10-12(3)15(8-13(17)4)11(2)9-16(19)14(5)18/h8,10-11,14,16,18-19H,6-7,9H2,1-5H3. The molecule has 0 radical (unpaired) electrons. The molecule has 0 aliphatic heterocycles. The van der Waals surface area contributed by atoms with Gasteiger partial charge in [0.05, 0.1) is 18.8 Å². The fraction of sp³-hybridized carbons (Fsp3) is 0.647. The third-order valence-electron chi connectivity index (χ3n) is 3.71. The quantitative estimate of drug-likeness (QED) is 0.805. The summed E-state index contributed by atoms with van der Waals surface area (Å²) in [5.74, 6) is 1.15. The van der Waals surface area contributed by atoms with Gasteiger partial charge in [-0.3, -0.25) is 0 Å². The summed E-state index contributed by atoms with van der Waals surface area (Å²) in [7, 11) is 0. The van der Waals surface area contributed by atoms with Crippen LogP contribution in [-0.4, -0.2) is 29.0 Å². The first-order chi connectivity index (χ1) is 9.36. The van der Waals surface area contributed by atoms with Crippen LogP contribution in [0.5, 0.6) is 5.75 Å². The Labute approximate surface area is 122 Å². The zero-order valence-corrected chi connectivity index (χ0v) is 13.3. The highest BCUT2D eigenvalue weighted by Gasteiger charge is 2.18. The second-order valence-electron chi connectivity index (χ2n) is 5.77. The number of benzene rings is 1. The van der Waals surface area contributed by atoms with E-state index in [-0.39, 0.29) is 5.92 Å². The second kappa shape index (κ2) is 7.65. The van der Waals surface area contributed by atoms with E-state index < -0.39 is 12.2 Å². The highest BCUT2D eigenvalue weighted by Crippen LogP contribution is 2.30. The van der Waals surface area contributed by atoms with Crippen molar-refractivity contribution in [3.63, 3.8) is 0 Å². The summed E-state index contributed by atoms with van der Waals surface area (Å²) in [4.78, 5) is 0. The Hall–Kier alpha value is -1.06. The smallest absolute Gasteiger partial charge is 0.122 e. The molecule has 114 valence electrons. The summed E-state index contributed by atoms with van der Waals surface area (Å²) in [5, 5.41) is 19.2. The molecule has 0 aliphatic rings. The van der Waals surface area contributed by atoms with Crippen LogP contribution in [0, 0.1) is 13.8 Å². The van der Waals surface area contributed by atoms with Gasteiger partial charge in [-0.25, -0.2) is 0 Å². The fourth-order valence-corrected chi connectivity index (χ4v) is 2.40. The van der Waals surface area contributed by atoms with Crippen molar-refractivity contribution in [1.29, 1.82) is 0 Å². The van der Waals surface area contributed by atoms with Crippen molar-refractivity contribution >= 4 is 0 Å². The van der Waals surface area contributed by atoms with Gasteiger partial charge in [-0.2, -0.15) is 0 Å². The third-order valence-corrected chi connectivity index (χ3v) is 3.71. The molecule has 3 unspecified atom stereocenters. The molecule has 1 aromatic carbocycles. The molecular formula is C17H28O3. The number of rotatable bonds is 7. The average Bonchev–Trinajstić information content (AvgIpc) is 2.38. The van der Waals surface area contributed by atoms with E-state index in [0.29, 0.717) is 6.42 Å². The lowest BCUT2D eigenvalue weighted by molar-refractivity contribution is 0.0227. The number of hydrogen-bond acceptors (Lipinski definition) is 3. The van der Waals surface area contributed by atoms with Gasteiger partial charge in [0.15, 0.2) is 0 Å². The van der Waals surface area contributed by atoms with Crippen molar-refractivity contribution in [2.45, 2.75) is 65.6 Å². The SMILES string of the molecule is CCCOc1cc(C)c(C(C)CC(O)C(C)O)cc1C. The predicted octanol–water partition coefficient (Wildman–Crippen LogP) is 3.33. The molecular weight excluding hydrogens is 252 g/mol. The first-order valence-corrected chi connectivity index (χ1v) is 7.46. The summed E-state index contributed by atoms with van der Waals surface area (Å²) in [6.45, 7) is 10.6. The summed E-state index contributed by atoms with van der Waals surface area (Å²) in [5.41, 5.74) is 3.51. The minimum absolute atomic E-state index is 0.207. The molecule has 0 saturated heterocycles. The molecule has 1 rings (SSSR count). The summed E-state index contributed by atoms with van der Waals surface area (Å²) < 4.78 is 5.73. The van der Waals surface area contributed by atoms with E-state index in [4.69, 9.17) is 4.74 Å². The average molecular weight is 280 g/mol. The molecule has 0 fully saturated rings. The molecule has 0 amide bonds. The Morgan fingerprint density at radius 1 is 1.10 bits per heavy atom. The monoisotopic (exact) mass is 280 g/mol. The maximum absolute atomic E-state index is 9.81. The maximum atomic E-state index is 9.81. The van der Waals surface area contributed by atoms with Crippen LogP contribution in [0.15, 0.2) is 12.1 Å². The van der Waals surface area contributed by atoms with Crippen LogP contribution in [0.3, 0.4) is 0 Å². The zero-order valence-electron chi connectivity index (χ0n) is 13.3. The number of aryl methyl sites for hydroxylation is 2. The van der Waals surface area contributed by atoms with Crippen molar-refractivity contribution in [3.8, 4) is 5.75 Å². The molecule has 0 heterocycles. The Balaban J connectivity index is 2.88. The predicted molar refractivity (Wildman–Crippen MR) is 82.4 cm³/mol. The number of hydrogen-bond donors (Lipinski definition) is 2. The Bertz CT molecular complexity index is 426. The van der Waals surface area contributed by atoms with Crippen molar-refractivity contribution in [2.24, 2.45) is 0 Å². The fourth-order valence-electron chi connectivity index (χ4n) is 2.40. The highest BCUT2D eigenvalue weighted by atomic mass is 16.5. The van der Waals surface area contributed by atoms with Gasteiger partial charge in [0.2, 0.25) is 0 Å². The van der Waals surface area contributed by atoms with Crippen molar-refractivity contribution in [2.75, 3.05) is 6.61 Å². The molecule has 0 spiro atoms. The lowest BCUT2D eigenvalue weighted by Crippen LogP contribution is -2.24. The van der Waals surface area contributed by atoms with Gasteiger partial charge in [-0.15, -0.1) is 0 Å². The Kier molecular flexibility index (Phi) is 6.50. The maximum Gasteiger partial charge on any atom is 0.122 e. The molecule has 2 N–H and O–H groups in total. The molecule has 1 aromatic rings. The van der Waals surface area contributed by atoms with E-state index in [0.717, 1.165) is 24.3 Å². The molecule has 0 saturated carbocycles. The highest BCUT2D eigenvalue weighted by molar-refractivity contribution is 5.43. The molecule has 3 atom stereocenters. The normalized spacial score (nSPS) is 15.8. The van der Waals surface area contributed by atoms with E-state index in [1.54, 1.807) is 6.92 Å². The van der Waals surface area contributed by atoms with Crippen LogP contribution < -0.4 is 4.74 Å². The minimum Gasteiger partial charge on any atom is -0.493 e. The van der Waals surface area contributed by atoms with Crippen molar-refractivity contribution in [1.82, 2.24) is 0 Å². The van der Waals surface area contributed by atoms with E-state index in [2.05, 4.69) is 32.9 Å². The van der Waals surface area contributed by atoms with Gasteiger partial charge in [-0.1, -0.05) is 19.9 Å². The van der Waals surface area contributed by atoms with Crippen LogP contribution in [0.25, 0.3) is 0 Å². The van der Waals surface area contributed by atoms with Crippen LogP contribution in [0.4, 0.5) is 0 Å². The molecule has 20 heavy (non-hydrogen) atoms. The molecule has 3 heteroatoms. The van der Waals surface area contributed by atoms with Gasteiger partial charge >= 0.3 is 0 Å². The van der Waals surface area contributed by atoms with E-state index in [9.17, 15) is 10.2 Å². The van der Waals surface area contributed by atoms with Crippen LogP contribution in [0.2, 0.25) is 0 Å². The van der Waals surface area contributed by atoms with Crippen LogP contribution >= 0.6 is 0 Å². The van der Waals surface area contributed by atoms with Crippen LogP contribution in [-0.2, 0) is 0 Å². The number of aliphatic hydroxyl groups is 2. The lowest BCUT2D eigenvalue weighted by atomic mass is 9.89. The zero-order chi connectivity index (χ0) is 15.3. The minimum atomic E-state index is -0.689. The first kappa shape index (κ1) is 17.0. The van der Waals surface area contributed by atoms with Gasteiger partial charge < -0.3 is 14.9 Å². The summed E-state index contributed by atoms with van der Waals surface area (Å²) >= 11 is 0. The van der Waals surface area contributed by atoms with E-state index in [1.165, 1.54) is 11.1 Å². The van der Waals surface area contributed by atoms with Crippen LogP contribution in [0.1, 0.15) is 56.2 Å². The summed E-state index contributed by atoms with van der Waals surface area (Å²) in [6, 6.07) is 4.21. The van der Waals surface area contributed by atoms with E-state index in [1.807, 2.05) is 6.92 Å². The van der Waals surface area contributed by atoms with Gasteiger partial charge in [-0.05, 0) is 62.3 Å². The number of aliphatic hydroxyl groups excluding tert-OH is 2. The van der Waals surface area contributed by atoms with E-state index >= 15 is 0 Å². The molecule has 0 aliphatic carbocycles. The molecule has 3 nitrogen and oxygen atoms in total. The third kappa shape index (κ3) is 4.50.